The summed E-state index contributed by atoms with van der Waals surface area (Å²) in [6.07, 6.45) is 0.976. The van der Waals surface area contributed by atoms with Crippen LogP contribution in [-0.4, -0.2) is 16.6 Å². The summed E-state index contributed by atoms with van der Waals surface area (Å²) in [4.78, 5) is 1.27. The van der Waals surface area contributed by atoms with Crippen LogP contribution in [0.2, 0.25) is 0 Å². The number of thiophene rings is 1. The normalized spacial score (nSPS) is 13.1. The maximum Gasteiger partial charge on any atom is 0.0829 e. The fourth-order valence-electron chi connectivity index (χ4n) is 2.58. The van der Waals surface area contributed by atoms with Crippen molar-refractivity contribution in [3.8, 4) is 0 Å². The molecule has 0 radical (unpaired) electrons. The summed E-state index contributed by atoms with van der Waals surface area (Å²) >= 11 is 3.34. The van der Waals surface area contributed by atoms with Crippen LogP contribution in [-0.2, 0) is 6.42 Å². The smallest absolute Gasteiger partial charge is 0.0829 e. The Balaban J connectivity index is 1.92. The Labute approximate surface area is 133 Å². The topological polar surface area (TPSA) is 37.8 Å². The molecule has 3 rings (SSSR count). The van der Waals surface area contributed by atoms with E-state index in [9.17, 15) is 0 Å². The molecule has 0 spiro atoms. The van der Waals surface area contributed by atoms with Gasteiger partial charge in [-0.3, -0.25) is 0 Å². The molecule has 1 unspecified atom stereocenters. The monoisotopic (exact) mass is 317 g/mol. The number of nitrogens with one attached hydrogen (secondary N) is 1. The summed E-state index contributed by atoms with van der Waals surface area (Å²) in [5.41, 5.74) is 2.52. The zero-order chi connectivity index (χ0) is 14.8. The van der Waals surface area contributed by atoms with Gasteiger partial charge in [-0.05, 0) is 53.3 Å². The molecule has 0 bridgehead atoms. The fraction of sp³-hybridized carbons (Fsp3) is 0.375. The molecule has 2 aromatic heterocycles. The third-order valence-corrected chi connectivity index (χ3v) is 5.60. The van der Waals surface area contributed by atoms with Crippen LogP contribution in [0.15, 0.2) is 29.6 Å². The molecule has 2 heterocycles. The van der Waals surface area contributed by atoms with Gasteiger partial charge in [0.25, 0.3) is 0 Å². The summed E-state index contributed by atoms with van der Waals surface area (Å²) in [6, 6.07) is 8.89. The molecule has 1 aromatic carbocycles. The summed E-state index contributed by atoms with van der Waals surface area (Å²) in [6.45, 7) is 4.35. The number of hydrogen-bond acceptors (Lipinski definition) is 5. The van der Waals surface area contributed by atoms with Crippen LogP contribution >= 0.6 is 22.9 Å². The highest BCUT2D eigenvalue weighted by atomic mass is 32.1. The molecule has 3 nitrogen and oxygen atoms in total. The molecule has 3 aromatic rings. The third-order valence-electron chi connectivity index (χ3n) is 3.74. The SMILES string of the molecule is CNC(Cc1csc2ccccc12)c1snnc1C(C)C. The van der Waals surface area contributed by atoms with E-state index in [1.54, 1.807) is 0 Å². The fourth-order valence-corrected chi connectivity index (χ4v) is 4.47. The van der Waals surface area contributed by atoms with Crippen LogP contribution in [0, 0.1) is 0 Å². The van der Waals surface area contributed by atoms with Crippen molar-refractivity contribution < 1.29 is 0 Å². The quantitative estimate of drug-likeness (QED) is 0.759. The second-order valence-electron chi connectivity index (χ2n) is 5.48. The van der Waals surface area contributed by atoms with E-state index in [-0.39, 0.29) is 6.04 Å². The van der Waals surface area contributed by atoms with Crippen LogP contribution in [0.4, 0.5) is 0 Å². The lowest BCUT2D eigenvalue weighted by Crippen LogP contribution is -2.19. The number of benzene rings is 1. The van der Waals surface area contributed by atoms with Crippen LogP contribution in [0.3, 0.4) is 0 Å². The molecule has 0 aliphatic carbocycles. The first kappa shape index (κ1) is 14.6. The van der Waals surface area contributed by atoms with Gasteiger partial charge < -0.3 is 5.32 Å². The molecule has 5 heteroatoms. The molecule has 0 fully saturated rings. The molecular weight excluding hydrogens is 298 g/mol. The Bertz CT molecular complexity index is 730. The second-order valence-corrected chi connectivity index (χ2v) is 7.18. The van der Waals surface area contributed by atoms with E-state index < -0.39 is 0 Å². The van der Waals surface area contributed by atoms with Crippen LogP contribution < -0.4 is 5.32 Å². The largest absolute Gasteiger partial charge is 0.312 e. The zero-order valence-electron chi connectivity index (χ0n) is 12.5. The summed E-state index contributed by atoms with van der Waals surface area (Å²) in [5.74, 6) is 0.411. The van der Waals surface area contributed by atoms with E-state index in [1.165, 1.54) is 32.1 Å². The molecular formula is C16H19N3S2. The van der Waals surface area contributed by atoms with Crippen LogP contribution in [0.5, 0.6) is 0 Å². The minimum Gasteiger partial charge on any atom is -0.312 e. The van der Waals surface area contributed by atoms with E-state index in [1.807, 2.05) is 18.4 Å². The van der Waals surface area contributed by atoms with Crippen molar-refractivity contribution in [2.45, 2.75) is 32.2 Å². The summed E-state index contributed by atoms with van der Waals surface area (Å²) < 4.78 is 5.51. The van der Waals surface area contributed by atoms with Gasteiger partial charge in [-0.2, -0.15) is 0 Å². The standard InChI is InChI=1S/C16H19N3S2/c1-10(2)15-16(21-19-18-15)13(17-3)8-11-9-20-14-7-5-4-6-12(11)14/h4-7,9-10,13,17H,8H2,1-3H3. The van der Waals surface area contributed by atoms with Crippen molar-refractivity contribution in [1.82, 2.24) is 14.9 Å². The highest BCUT2D eigenvalue weighted by Gasteiger charge is 2.21. The maximum atomic E-state index is 4.31. The first-order valence-electron chi connectivity index (χ1n) is 7.15. The van der Waals surface area contributed by atoms with Gasteiger partial charge in [-0.15, -0.1) is 16.4 Å². The van der Waals surface area contributed by atoms with Gasteiger partial charge in [-0.25, -0.2) is 0 Å². The molecule has 21 heavy (non-hydrogen) atoms. The van der Waals surface area contributed by atoms with Crippen molar-refractivity contribution in [2.75, 3.05) is 7.05 Å². The van der Waals surface area contributed by atoms with Gasteiger partial charge in [-0.1, -0.05) is 36.5 Å². The molecule has 1 atom stereocenters. The number of hydrogen-bond donors (Lipinski definition) is 1. The lowest BCUT2D eigenvalue weighted by molar-refractivity contribution is 0.591. The van der Waals surface area contributed by atoms with E-state index in [2.05, 4.69) is 58.4 Å². The third kappa shape index (κ3) is 2.86. The predicted octanol–water partition coefficient (Wildman–Crippen LogP) is 4.38. The number of fused-ring (bicyclic) bond motifs is 1. The minimum absolute atomic E-state index is 0.278. The van der Waals surface area contributed by atoms with E-state index in [0.29, 0.717) is 5.92 Å². The number of rotatable bonds is 5. The van der Waals surface area contributed by atoms with Crippen LogP contribution in [0.25, 0.3) is 10.1 Å². The molecule has 110 valence electrons. The van der Waals surface area contributed by atoms with Gasteiger partial charge in [0.2, 0.25) is 0 Å². The van der Waals surface area contributed by atoms with Gasteiger partial charge in [0.05, 0.1) is 10.6 Å². The van der Waals surface area contributed by atoms with Crippen molar-refractivity contribution in [2.24, 2.45) is 0 Å². The van der Waals surface area contributed by atoms with E-state index in [4.69, 9.17) is 0 Å². The molecule has 0 aliphatic rings. The summed E-state index contributed by atoms with van der Waals surface area (Å²) in [7, 11) is 2.02. The molecule has 0 aliphatic heterocycles. The van der Waals surface area contributed by atoms with Crippen molar-refractivity contribution in [3.63, 3.8) is 0 Å². The Hall–Kier alpha value is -1.30. The zero-order valence-corrected chi connectivity index (χ0v) is 14.1. The Kier molecular flexibility index (Phi) is 4.33. The number of nitrogens with zero attached hydrogens (tertiary/aromatic N) is 2. The van der Waals surface area contributed by atoms with Gasteiger partial charge in [0.15, 0.2) is 0 Å². The predicted molar refractivity (Wildman–Crippen MR) is 91.3 cm³/mol. The van der Waals surface area contributed by atoms with Crippen molar-refractivity contribution in [1.29, 1.82) is 0 Å². The Morgan fingerprint density at radius 1 is 1.24 bits per heavy atom. The average Bonchev–Trinajstić information content (AvgIpc) is 3.12. The Morgan fingerprint density at radius 3 is 2.81 bits per heavy atom. The summed E-state index contributed by atoms with van der Waals surface area (Å²) in [5, 5.41) is 11.4. The first-order valence-corrected chi connectivity index (χ1v) is 8.80. The van der Waals surface area contributed by atoms with Gasteiger partial charge >= 0.3 is 0 Å². The van der Waals surface area contributed by atoms with Crippen molar-refractivity contribution in [3.05, 3.63) is 45.8 Å². The average molecular weight is 317 g/mol. The number of aromatic nitrogens is 2. The lowest BCUT2D eigenvalue weighted by Gasteiger charge is -2.16. The molecule has 0 saturated heterocycles. The first-order chi connectivity index (χ1) is 10.2. The highest BCUT2D eigenvalue weighted by molar-refractivity contribution is 7.17. The second kappa shape index (κ2) is 6.22. The van der Waals surface area contributed by atoms with E-state index >= 15 is 0 Å². The highest BCUT2D eigenvalue weighted by Crippen LogP contribution is 2.32. The minimum atomic E-state index is 0.278. The molecule has 0 saturated carbocycles. The van der Waals surface area contributed by atoms with Gasteiger partial charge in [0, 0.05) is 10.7 Å². The molecule has 0 amide bonds. The van der Waals surface area contributed by atoms with Gasteiger partial charge in [0.1, 0.15) is 0 Å². The molecule has 1 N–H and O–H groups in total. The number of likely N-dealkylation sites (N-methyl/N-ethyl adjacent to an activating group) is 1. The maximum absolute atomic E-state index is 4.31. The Morgan fingerprint density at radius 2 is 2.05 bits per heavy atom. The lowest BCUT2D eigenvalue weighted by atomic mass is 10.00. The van der Waals surface area contributed by atoms with E-state index in [0.717, 1.165) is 12.1 Å². The van der Waals surface area contributed by atoms with Crippen LogP contribution in [0.1, 0.15) is 41.9 Å². The van der Waals surface area contributed by atoms with Crippen molar-refractivity contribution >= 4 is 33.0 Å².